The summed E-state index contributed by atoms with van der Waals surface area (Å²) in [5.74, 6) is -1.31. The van der Waals surface area contributed by atoms with Crippen molar-refractivity contribution in [1.29, 1.82) is 0 Å². The van der Waals surface area contributed by atoms with E-state index in [4.69, 9.17) is 0 Å². The maximum absolute atomic E-state index is 12.6. The van der Waals surface area contributed by atoms with Crippen molar-refractivity contribution in [2.45, 2.75) is 32.2 Å². The number of ketones is 2. The molecule has 1 aromatic rings. The summed E-state index contributed by atoms with van der Waals surface area (Å²) in [6, 6.07) is 6.02. The first-order chi connectivity index (χ1) is 10.5. The minimum atomic E-state index is -0.880. The number of hydrogen-bond donors (Lipinski definition) is 0. The third-order valence-corrected chi connectivity index (χ3v) is 4.16. The molecule has 0 bridgehead atoms. The van der Waals surface area contributed by atoms with Crippen LogP contribution in [0, 0.1) is 0 Å². The lowest BCUT2D eigenvalue weighted by molar-refractivity contribution is -0.135. The predicted molar refractivity (Wildman–Crippen MR) is 78.1 cm³/mol. The molecule has 2 amide bonds. The fourth-order valence-corrected chi connectivity index (χ4v) is 2.94. The van der Waals surface area contributed by atoms with Crippen LogP contribution in [0.4, 0.5) is 0 Å². The Bertz CT molecular complexity index is 732. The Labute approximate surface area is 127 Å². The van der Waals surface area contributed by atoms with Crippen molar-refractivity contribution >= 4 is 23.4 Å². The lowest BCUT2D eigenvalue weighted by Crippen LogP contribution is -2.51. The van der Waals surface area contributed by atoms with Gasteiger partial charge in [0.05, 0.1) is 6.42 Å². The van der Waals surface area contributed by atoms with E-state index < -0.39 is 11.9 Å². The third kappa shape index (κ3) is 2.28. The number of allylic oxidation sites excluding steroid dienone is 1. The molecule has 5 heteroatoms. The quantitative estimate of drug-likeness (QED) is 0.736. The summed E-state index contributed by atoms with van der Waals surface area (Å²) in [5, 5.41) is 0. The van der Waals surface area contributed by atoms with E-state index >= 15 is 0 Å². The van der Waals surface area contributed by atoms with Crippen molar-refractivity contribution < 1.29 is 19.2 Å². The zero-order valence-electron chi connectivity index (χ0n) is 12.2. The molecule has 1 aliphatic heterocycles. The lowest BCUT2D eigenvalue weighted by atomic mass is 9.95. The first-order valence-electron chi connectivity index (χ1n) is 7.18. The van der Waals surface area contributed by atoms with Gasteiger partial charge in [-0.3, -0.25) is 24.1 Å². The highest BCUT2D eigenvalue weighted by Gasteiger charge is 2.39. The van der Waals surface area contributed by atoms with E-state index in [1.54, 1.807) is 31.2 Å². The smallest absolute Gasteiger partial charge is 0.261 e. The largest absolute Gasteiger partial charge is 0.295 e. The number of hydrogen-bond acceptors (Lipinski definition) is 4. The summed E-state index contributed by atoms with van der Waals surface area (Å²) in [5.41, 5.74) is 1.51. The van der Waals surface area contributed by atoms with Gasteiger partial charge in [0.2, 0.25) is 5.91 Å². The highest BCUT2D eigenvalue weighted by molar-refractivity contribution is 6.14. The summed E-state index contributed by atoms with van der Waals surface area (Å²) in [6.45, 7) is 1.58. The van der Waals surface area contributed by atoms with Gasteiger partial charge in [0.25, 0.3) is 5.91 Å². The number of carbonyl (C=O) groups is 4. The molecular formula is C17H15NO4. The second kappa shape index (κ2) is 5.33. The average molecular weight is 297 g/mol. The summed E-state index contributed by atoms with van der Waals surface area (Å²) in [4.78, 5) is 50.0. The van der Waals surface area contributed by atoms with Crippen LogP contribution in [-0.2, 0) is 20.8 Å². The van der Waals surface area contributed by atoms with Crippen LogP contribution in [0.3, 0.4) is 0 Å². The molecule has 0 radical (unpaired) electrons. The molecule has 1 aliphatic carbocycles. The van der Waals surface area contributed by atoms with Gasteiger partial charge in [-0.15, -0.1) is 0 Å². The van der Waals surface area contributed by atoms with E-state index in [2.05, 4.69) is 0 Å². The van der Waals surface area contributed by atoms with E-state index in [0.717, 1.165) is 4.90 Å². The Morgan fingerprint density at radius 3 is 2.59 bits per heavy atom. The predicted octanol–water partition coefficient (Wildman–Crippen LogP) is 1.46. The molecule has 5 nitrogen and oxygen atoms in total. The molecule has 2 aliphatic rings. The fourth-order valence-electron chi connectivity index (χ4n) is 2.94. The van der Waals surface area contributed by atoms with Crippen LogP contribution in [0.15, 0.2) is 35.9 Å². The number of rotatable bonds is 1. The van der Waals surface area contributed by atoms with E-state index in [1.807, 2.05) is 0 Å². The van der Waals surface area contributed by atoms with Crippen molar-refractivity contribution in [3.8, 4) is 0 Å². The Morgan fingerprint density at radius 2 is 1.82 bits per heavy atom. The molecular weight excluding hydrogens is 282 g/mol. The number of benzene rings is 1. The second-order valence-electron chi connectivity index (χ2n) is 5.61. The highest BCUT2D eigenvalue weighted by atomic mass is 16.2. The molecule has 0 aromatic heterocycles. The van der Waals surface area contributed by atoms with E-state index in [9.17, 15) is 19.2 Å². The molecule has 0 saturated carbocycles. The molecule has 3 rings (SSSR count). The standard InChI is InChI=1S/C17H15NO4/c1-10-8-15(20)13(6-7-14(10)19)18-16(21)9-11-4-2-3-5-12(11)17(18)22/h2-5,8,13H,6-7,9H2,1H3. The lowest BCUT2D eigenvalue weighted by Gasteiger charge is -2.32. The maximum Gasteiger partial charge on any atom is 0.261 e. The van der Waals surface area contributed by atoms with Crippen molar-refractivity contribution in [3.63, 3.8) is 0 Å². The topological polar surface area (TPSA) is 71.5 Å². The van der Waals surface area contributed by atoms with Gasteiger partial charge in [0.1, 0.15) is 6.04 Å². The maximum atomic E-state index is 12.6. The zero-order chi connectivity index (χ0) is 15.9. The van der Waals surface area contributed by atoms with Gasteiger partial charge in [-0.1, -0.05) is 18.2 Å². The van der Waals surface area contributed by atoms with Gasteiger partial charge in [0.15, 0.2) is 11.6 Å². The third-order valence-electron chi connectivity index (χ3n) is 4.16. The van der Waals surface area contributed by atoms with Crippen LogP contribution in [0.2, 0.25) is 0 Å². The Kier molecular flexibility index (Phi) is 3.48. The van der Waals surface area contributed by atoms with Crippen LogP contribution in [0.1, 0.15) is 35.7 Å². The highest BCUT2D eigenvalue weighted by Crippen LogP contribution is 2.25. The molecule has 22 heavy (non-hydrogen) atoms. The van der Waals surface area contributed by atoms with Crippen LogP contribution in [-0.4, -0.2) is 34.3 Å². The molecule has 1 atom stereocenters. The van der Waals surface area contributed by atoms with Crippen LogP contribution < -0.4 is 0 Å². The van der Waals surface area contributed by atoms with Crippen molar-refractivity contribution in [3.05, 3.63) is 47.0 Å². The van der Waals surface area contributed by atoms with Crippen molar-refractivity contribution in [1.82, 2.24) is 4.90 Å². The number of amides is 2. The summed E-state index contributed by atoms with van der Waals surface area (Å²) in [7, 11) is 0. The molecule has 0 fully saturated rings. The average Bonchev–Trinajstić information content (AvgIpc) is 2.60. The fraction of sp³-hybridized carbons (Fsp3) is 0.294. The van der Waals surface area contributed by atoms with E-state index in [1.165, 1.54) is 6.08 Å². The van der Waals surface area contributed by atoms with Crippen molar-refractivity contribution in [2.75, 3.05) is 0 Å². The molecule has 0 saturated heterocycles. The minimum Gasteiger partial charge on any atom is -0.295 e. The number of imide groups is 1. The van der Waals surface area contributed by atoms with Crippen LogP contribution in [0.5, 0.6) is 0 Å². The van der Waals surface area contributed by atoms with Crippen LogP contribution >= 0.6 is 0 Å². The first-order valence-corrected chi connectivity index (χ1v) is 7.18. The summed E-state index contributed by atoms with van der Waals surface area (Å²) >= 11 is 0. The number of carbonyl (C=O) groups excluding carboxylic acids is 4. The van der Waals surface area contributed by atoms with Gasteiger partial charge < -0.3 is 0 Å². The zero-order valence-corrected chi connectivity index (χ0v) is 12.2. The van der Waals surface area contributed by atoms with Gasteiger partial charge in [-0.2, -0.15) is 0 Å². The van der Waals surface area contributed by atoms with Gasteiger partial charge in [-0.05, 0) is 36.6 Å². The number of fused-ring (bicyclic) bond motifs is 1. The Hall–Kier alpha value is -2.56. The minimum absolute atomic E-state index is 0.0995. The van der Waals surface area contributed by atoms with Crippen LogP contribution in [0.25, 0.3) is 0 Å². The normalized spacial score (nSPS) is 22.3. The number of nitrogens with zero attached hydrogens (tertiary/aromatic N) is 1. The molecule has 1 heterocycles. The van der Waals surface area contributed by atoms with Gasteiger partial charge in [0, 0.05) is 12.0 Å². The number of Topliss-reactive ketones (excluding diaryl/α,β-unsaturated/α-hetero) is 1. The Morgan fingerprint density at radius 1 is 1.09 bits per heavy atom. The summed E-state index contributed by atoms with van der Waals surface area (Å²) < 4.78 is 0. The molecule has 1 aromatic carbocycles. The monoisotopic (exact) mass is 297 g/mol. The van der Waals surface area contributed by atoms with E-state index in [-0.39, 0.29) is 36.7 Å². The molecule has 0 spiro atoms. The van der Waals surface area contributed by atoms with Gasteiger partial charge >= 0.3 is 0 Å². The molecule has 0 N–H and O–H groups in total. The van der Waals surface area contributed by atoms with E-state index in [0.29, 0.717) is 16.7 Å². The SMILES string of the molecule is CC1=CC(=O)C(N2C(=O)Cc3ccccc3C2=O)CCC1=O. The van der Waals surface area contributed by atoms with Gasteiger partial charge in [-0.25, -0.2) is 0 Å². The summed E-state index contributed by atoms with van der Waals surface area (Å²) in [6.07, 6.45) is 1.70. The first kappa shape index (κ1) is 14.4. The molecule has 1 unspecified atom stereocenters. The second-order valence-corrected chi connectivity index (χ2v) is 5.61. The molecule has 112 valence electrons. The van der Waals surface area contributed by atoms with Crippen molar-refractivity contribution in [2.24, 2.45) is 0 Å². The Balaban J connectivity index is 1.98.